The van der Waals surface area contributed by atoms with Gasteiger partial charge in [-0.15, -0.1) is 0 Å². The van der Waals surface area contributed by atoms with Crippen molar-refractivity contribution in [2.75, 3.05) is 19.7 Å². The fourth-order valence-corrected chi connectivity index (χ4v) is 4.32. The van der Waals surface area contributed by atoms with E-state index in [2.05, 4.69) is 5.32 Å². The predicted molar refractivity (Wildman–Crippen MR) is 112 cm³/mol. The number of carbonyl (C=O) groups excluding carboxylic acids is 5. The second kappa shape index (κ2) is 9.07. The van der Waals surface area contributed by atoms with Crippen molar-refractivity contribution in [3.8, 4) is 5.75 Å². The number of fused-ring (bicyclic) bond motifs is 1. The first-order valence-electron chi connectivity index (χ1n) is 10.9. The number of piperidine rings is 2. The number of nitrogens with zero attached hydrogens (tertiary/aromatic N) is 2. The van der Waals surface area contributed by atoms with E-state index in [0.717, 1.165) is 17.7 Å². The molecular formula is C22H26N4O6. The quantitative estimate of drug-likeness (QED) is 0.474. The molecule has 0 aliphatic carbocycles. The summed E-state index contributed by atoms with van der Waals surface area (Å²) in [6.07, 6.45) is 2.54. The van der Waals surface area contributed by atoms with Gasteiger partial charge in [0.25, 0.3) is 11.8 Å². The van der Waals surface area contributed by atoms with Crippen molar-refractivity contribution in [3.05, 3.63) is 29.3 Å². The lowest BCUT2D eigenvalue weighted by molar-refractivity contribution is -0.136. The number of nitrogens with two attached hydrogens (primary N) is 1. The standard InChI is InChI=1S/C22H26N4O6/c23-13-8-10-25(11-9-13)18(28)5-2-12-32-16-4-1-3-14-19(16)22(31)26(21(14)30)15-6-7-17(27)24-20(15)29/h1,3-4,13,15H,2,5-12,23H2,(H,24,27,29). The first-order valence-corrected chi connectivity index (χ1v) is 10.9. The van der Waals surface area contributed by atoms with Crippen molar-refractivity contribution in [1.29, 1.82) is 0 Å². The Bertz CT molecular complexity index is 969. The molecule has 170 valence electrons. The second-order valence-electron chi connectivity index (χ2n) is 8.30. The SMILES string of the molecule is NC1CCN(C(=O)CCCOc2cccc3c2C(=O)N(C2CCC(=O)NC2=O)C3=O)CC1. The average Bonchev–Trinajstić information content (AvgIpc) is 3.02. The Labute approximate surface area is 185 Å². The van der Waals surface area contributed by atoms with Crippen LogP contribution in [-0.2, 0) is 14.4 Å². The number of nitrogens with one attached hydrogen (secondary N) is 1. The lowest BCUT2D eigenvalue weighted by atomic mass is 10.0. The molecule has 1 unspecified atom stereocenters. The summed E-state index contributed by atoms with van der Waals surface area (Å²) < 4.78 is 5.76. The minimum Gasteiger partial charge on any atom is -0.493 e. The van der Waals surface area contributed by atoms with Crippen LogP contribution in [0, 0.1) is 0 Å². The molecule has 0 saturated carbocycles. The number of imide groups is 2. The zero-order valence-corrected chi connectivity index (χ0v) is 17.7. The lowest BCUT2D eigenvalue weighted by Crippen LogP contribution is -2.54. The van der Waals surface area contributed by atoms with Crippen LogP contribution >= 0.6 is 0 Å². The van der Waals surface area contributed by atoms with Crippen LogP contribution in [0.1, 0.15) is 59.2 Å². The summed E-state index contributed by atoms with van der Waals surface area (Å²) in [6, 6.07) is 3.84. The van der Waals surface area contributed by atoms with E-state index in [-0.39, 0.29) is 48.3 Å². The van der Waals surface area contributed by atoms with E-state index < -0.39 is 29.7 Å². The van der Waals surface area contributed by atoms with Gasteiger partial charge in [0, 0.05) is 32.0 Å². The van der Waals surface area contributed by atoms with Gasteiger partial charge in [-0.3, -0.25) is 34.2 Å². The summed E-state index contributed by atoms with van der Waals surface area (Å²) in [4.78, 5) is 64.5. The smallest absolute Gasteiger partial charge is 0.266 e. The summed E-state index contributed by atoms with van der Waals surface area (Å²) in [5, 5.41) is 2.17. The molecule has 0 spiro atoms. The van der Waals surface area contributed by atoms with Gasteiger partial charge >= 0.3 is 0 Å². The van der Waals surface area contributed by atoms with E-state index in [1.165, 1.54) is 6.07 Å². The molecule has 2 fully saturated rings. The highest BCUT2D eigenvalue weighted by Gasteiger charge is 2.46. The number of amides is 5. The Morgan fingerprint density at radius 1 is 1.09 bits per heavy atom. The molecule has 1 aromatic carbocycles. The van der Waals surface area contributed by atoms with Gasteiger partial charge in [-0.05, 0) is 37.8 Å². The van der Waals surface area contributed by atoms with Crippen molar-refractivity contribution < 1.29 is 28.7 Å². The van der Waals surface area contributed by atoms with E-state index in [4.69, 9.17) is 10.5 Å². The van der Waals surface area contributed by atoms with Crippen LogP contribution in [0.4, 0.5) is 0 Å². The van der Waals surface area contributed by atoms with E-state index >= 15 is 0 Å². The molecule has 0 aromatic heterocycles. The molecule has 4 rings (SSSR count). The van der Waals surface area contributed by atoms with Crippen LogP contribution in [0.2, 0.25) is 0 Å². The number of carbonyl (C=O) groups is 5. The van der Waals surface area contributed by atoms with Gasteiger partial charge < -0.3 is 15.4 Å². The maximum Gasteiger partial charge on any atom is 0.266 e. The van der Waals surface area contributed by atoms with E-state index in [0.29, 0.717) is 25.9 Å². The highest BCUT2D eigenvalue weighted by Crippen LogP contribution is 2.33. The maximum absolute atomic E-state index is 13.0. The number of benzene rings is 1. The number of hydrogen-bond donors (Lipinski definition) is 2. The van der Waals surface area contributed by atoms with Gasteiger partial charge in [0.1, 0.15) is 11.8 Å². The minimum atomic E-state index is -1.02. The first kappa shape index (κ1) is 21.9. The number of hydrogen-bond acceptors (Lipinski definition) is 7. The van der Waals surface area contributed by atoms with Gasteiger partial charge in [0.2, 0.25) is 17.7 Å². The number of rotatable bonds is 6. The second-order valence-corrected chi connectivity index (χ2v) is 8.30. The molecule has 1 aromatic rings. The Balaban J connectivity index is 1.37. The molecule has 32 heavy (non-hydrogen) atoms. The third-order valence-electron chi connectivity index (χ3n) is 6.11. The molecular weight excluding hydrogens is 416 g/mol. The third kappa shape index (κ3) is 4.22. The van der Waals surface area contributed by atoms with Crippen molar-refractivity contribution in [2.45, 2.75) is 50.6 Å². The third-order valence-corrected chi connectivity index (χ3v) is 6.11. The predicted octanol–water partition coefficient (Wildman–Crippen LogP) is 0.196. The Kier molecular flexibility index (Phi) is 6.22. The zero-order valence-electron chi connectivity index (χ0n) is 17.7. The van der Waals surface area contributed by atoms with Crippen LogP contribution in [0.25, 0.3) is 0 Å². The topological polar surface area (TPSA) is 139 Å². The monoisotopic (exact) mass is 442 g/mol. The molecule has 10 heteroatoms. The highest BCUT2D eigenvalue weighted by atomic mass is 16.5. The largest absolute Gasteiger partial charge is 0.493 e. The molecule has 3 aliphatic rings. The van der Waals surface area contributed by atoms with Crippen LogP contribution in [0.5, 0.6) is 5.75 Å². The van der Waals surface area contributed by atoms with Gasteiger partial charge in [-0.25, -0.2) is 0 Å². The fraction of sp³-hybridized carbons (Fsp3) is 0.500. The van der Waals surface area contributed by atoms with Crippen molar-refractivity contribution in [3.63, 3.8) is 0 Å². The summed E-state index contributed by atoms with van der Waals surface area (Å²) in [5.41, 5.74) is 6.14. The minimum absolute atomic E-state index is 0.0501. The summed E-state index contributed by atoms with van der Waals surface area (Å²) >= 11 is 0. The van der Waals surface area contributed by atoms with Crippen molar-refractivity contribution >= 4 is 29.5 Å². The van der Waals surface area contributed by atoms with Gasteiger partial charge in [-0.1, -0.05) is 6.07 Å². The van der Waals surface area contributed by atoms with E-state index in [1.54, 1.807) is 12.1 Å². The van der Waals surface area contributed by atoms with Crippen molar-refractivity contribution in [1.82, 2.24) is 15.1 Å². The first-order chi connectivity index (χ1) is 15.4. The molecule has 0 radical (unpaired) electrons. The van der Waals surface area contributed by atoms with Gasteiger partial charge in [0.15, 0.2) is 0 Å². The number of likely N-dealkylation sites (tertiary alicyclic amines) is 1. The molecule has 2 saturated heterocycles. The fourth-order valence-electron chi connectivity index (χ4n) is 4.32. The molecule has 3 heterocycles. The Hall–Kier alpha value is -3.27. The number of ether oxygens (including phenoxy) is 1. The molecule has 5 amide bonds. The van der Waals surface area contributed by atoms with Crippen LogP contribution in [-0.4, -0.2) is 71.1 Å². The lowest BCUT2D eigenvalue weighted by Gasteiger charge is -2.30. The average molecular weight is 442 g/mol. The molecule has 1 atom stereocenters. The molecule has 3 N–H and O–H groups in total. The normalized spacial score (nSPS) is 21.6. The molecule has 3 aliphatic heterocycles. The Morgan fingerprint density at radius 2 is 1.84 bits per heavy atom. The summed E-state index contributed by atoms with van der Waals surface area (Å²) in [5.74, 6) is -1.98. The maximum atomic E-state index is 13.0. The Morgan fingerprint density at radius 3 is 2.56 bits per heavy atom. The van der Waals surface area contributed by atoms with Crippen LogP contribution < -0.4 is 15.8 Å². The van der Waals surface area contributed by atoms with Crippen LogP contribution in [0.3, 0.4) is 0 Å². The summed E-state index contributed by atoms with van der Waals surface area (Å²) in [6.45, 7) is 1.54. The van der Waals surface area contributed by atoms with Crippen LogP contribution in [0.15, 0.2) is 18.2 Å². The van der Waals surface area contributed by atoms with E-state index in [9.17, 15) is 24.0 Å². The van der Waals surface area contributed by atoms with Gasteiger partial charge in [-0.2, -0.15) is 0 Å². The molecule has 0 bridgehead atoms. The molecule has 10 nitrogen and oxygen atoms in total. The highest BCUT2D eigenvalue weighted by molar-refractivity contribution is 6.24. The van der Waals surface area contributed by atoms with E-state index in [1.807, 2.05) is 4.90 Å². The van der Waals surface area contributed by atoms with Crippen molar-refractivity contribution in [2.24, 2.45) is 5.73 Å². The summed E-state index contributed by atoms with van der Waals surface area (Å²) in [7, 11) is 0. The zero-order chi connectivity index (χ0) is 22.8. The van der Waals surface area contributed by atoms with Gasteiger partial charge in [0.05, 0.1) is 17.7 Å².